The number of carbonyl (C=O) groups excluding carboxylic acids is 1. The van der Waals surface area contributed by atoms with Crippen LogP contribution in [-0.2, 0) is 17.6 Å². The van der Waals surface area contributed by atoms with E-state index in [4.69, 9.17) is 14.7 Å². The highest BCUT2D eigenvalue weighted by atomic mass is 16.5. The topological polar surface area (TPSA) is 93.1 Å². The molecule has 1 aliphatic rings. The molecule has 1 amide bonds. The quantitative estimate of drug-likeness (QED) is 0.512. The van der Waals surface area contributed by atoms with Crippen LogP contribution in [0.3, 0.4) is 0 Å². The van der Waals surface area contributed by atoms with Crippen LogP contribution in [0.5, 0.6) is 5.88 Å². The van der Waals surface area contributed by atoms with Crippen molar-refractivity contribution < 1.29 is 9.53 Å². The lowest BCUT2D eigenvalue weighted by Gasteiger charge is -2.21. The predicted molar refractivity (Wildman–Crippen MR) is 134 cm³/mol. The first-order valence-corrected chi connectivity index (χ1v) is 11.2. The van der Waals surface area contributed by atoms with E-state index in [0.29, 0.717) is 23.1 Å². The molecule has 1 N–H and O–H groups in total. The van der Waals surface area contributed by atoms with Crippen molar-refractivity contribution in [3.8, 4) is 17.4 Å². The first kappa shape index (κ1) is 23.1. The Balaban J connectivity index is 1.59. The van der Waals surface area contributed by atoms with Crippen LogP contribution >= 0.6 is 0 Å². The van der Waals surface area contributed by atoms with Crippen molar-refractivity contribution in [2.45, 2.75) is 26.2 Å². The molecule has 1 aliphatic carbocycles. The summed E-state index contributed by atoms with van der Waals surface area (Å²) in [6, 6.07) is 5.45. The molecule has 8 nitrogen and oxygen atoms in total. The molecule has 0 aliphatic heterocycles. The third-order valence-corrected chi connectivity index (χ3v) is 5.67. The lowest BCUT2D eigenvalue weighted by molar-refractivity contribution is -0.114. The Hall–Kier alpha value is -4.07. The maximum atomic E-state index is 12.7. The molecule has 174 valence electrons. The number of nitrogens with one attached hydrogen (secondary N) is 1. The number of ether oxygens (including phenoxy) is 1. The number of carbonyl (C=O) groups is 1. The van der Waals surface area contributed by atoms with Gasteiger partial charge in [-0.3, -0.25) is 9.78 Å². The Bertz CT molecular complexity index is 1240. The van der Waals surface area contributed by atoms with E-state index in [-0.39, 0.29) is 12.5 Å². The lowest BCUT2D eigenvalue weighted by atomic mass is 10.1. The number of hydrogen-bond donors (Lipinski definition) is 1. The molecule has 8 heteroatoms. The molecule has 0 saturated carbocycles. The van der Waals surface area contributed by atoms with E-state index in [9.17, 15) is 4.79 Å². The molecule has 34 heavy (non-hydrogen) atoms. The first-order chi connectivity index (χ1) is 16.5. The van der Waals surface area contributed by atoms with Gasteiger partial charge in [0.15, 0.2) is 5.82 Å². The van der Waals surface area contributed by atoms with Crippen molar-refractivity contribution in [1.82, 2.24) is 19.9 Å². The van der Waals surface area contributed by atoms with Gasteiger partial charge in [0.2, 0.25) is 11.8 Å². The van der Waals surface area contributed by atoms with Crippen molar-refractivity contribution in [1.29, 1.82) is 0 Å². The summed E-state index contributed by atoms with van der Waals surface area (Å²) >= 11 is 0. The number of nitrogens with zero attached hydrogens (tertiary/aromatic N) is 5. The Morgan fingerprint density at radius 2 is 2.09 bits per heavy atom. The molecule has 0 radical (unpaired) electrons. The van der Waals surface area contributed by atoms with E-state index in [1.165, 1.54) is 0 Å². The van der Waals surface area contributed by atoms with Crippen molar-refractivity contribution >= 4 is 23.5 Å². The second-order valence-electron chi connectivity index (χ2n) is 8.16. The fourth-order valence-electron chi connectivity index (χ4n) is 3.92. The number of anilines is 2. The minimum atomic E-state index is -0.160. The van der Waals surface area contributed by atoms with Gasteiger partial charge < -0.3 is 15.0 Å². The van der Waals surface area contributed by atoms with E-state index in [2.05, 4.69) is 21.9 Å². The number of aryl methyl sites for hydroxylation is 2. The molecule has 0 saturated heterocycles. The van der Waals surface area contributed by atoms with Gasteiger partial charge in [-0.05, 0) is 49.4 Å². The molecule has 3 heterocycles. The van der Waals surface area contributed by atoms with Gasteiger partial charge in [0.05, 0.1) is 25.5 Å². The number of rotatable bonds is 8. The van der Waals surface area contributed by atoms with Crippen LogP contribution in [0.1, 0.15) is 28.8 Å². The summed E-state index contributed by atoms with van der Waals surface area (Å²) in [4.78, 5) is 32.9. The Kier molecular flexibility index (Phi) is 6.96. The molecule has 4 rings (SSSR count). The Labute approximate surface area is 199 Å². The molecule has 0 aromatic carbocycles. The van der Waals surface area contributed by atoms with Gasteiger partial charge in [0.25, 0.3) is 0 Å². The van der Waals surface area contributed by atoms with E-state index in [1.807, 2.05) is 43.3 Å². The summed E-state index contributed by atoms with van der Waals surface area (Å²) in [7, 11) is 3.42. The third kappa shape index (κ3) is 5.11. The molecule has 0 fully saturated rings. The van der Waals surface area contributed by atoms with Crippen molar-refractivity contribution in [3.05, 3.63) is 71.7 Å². The van der Waals surface area contributed by atoms with Crippen LogP contribution in [0.15, 0.2) is 49.3 Å². The van der Waals surface area contributed by atoms with Crippen LogP contribution in [0.25, 0.3) is 17.6 Å². The highest BCUT2D eigenvalue weighted by Crippen LogP contribution is 2.31. The number of aromatic nitrogens is 4. The van der Waals surface area contributed by atoms with Crippen molar-refractivity contribution in [2.75, 3.05) is 30.9 Å². The second-order valence-corrected chi connectivity index (χ2v) is 8.16. The molecule has 0 spiro atoms. The normalized spacial score (nSPS) is 12.4. The predicted octanol–water partition coefficient (Wildman–Crippen LogP) is 4.01. The maximum absolute atomic E-state index is 12.7. The standard InChI is InChI=1S/C26H28N6O2/c1-5-6-8-18-13-22(27-14-17(18)2)25-30-21-10-7-9-20(21)26(31-25)32(3)16-23(33)29-19-11-12-24(34-4)28-15-19/h5-6,8,11-15H,1,7,9-10,16H2,2-4H3,(H,29,33)/b8-6-. The third-order valence-electron chi connectivity index (χ3n) is 5.67. The Morgan fingerprint density at radius 1 is 1.24 bits per heavy atom. The second kappa shape index (κ2) is 10.2. The minimum Gasteiger partial charge on any atom is -0.481 e. The molecule has 3 aromatic heterocycles. The monoisotopic (exact) mass is 456 g/mol. The zero-order valence-electron chi connectivity index (χ0n) is 19.7. The van der Waals surface area contributed by atoms with Crippen LogP contribution in [0.4, 0.5) is 11.5 Å². The van der Waals surface area contributed by atoms with Gasteiger partial charge >= 0.3 is 0 Å². The number of methoxy groups -OCH3 is 1. The summed E-state index contributed by atoms with van der Waals surface area (Å²) in [6.07, 6.45) is 11.8. The van der Waals surface area contributed by atoms with E-state index >= 15 is 0 Å². The first-order valence-electron chi connectivity index (χ1n) is 11.2. The number of amides is 1. The SMILES string of the molecule is C=C/C=C\c1cc(-c2nc3c(c(N(C)CC(=O)Nc4ccc(OC)nc4)n2)CCC3)ncc1C. The summed E-state index contributed by atoms with van der Waals surface area (Å²) < 4.78 is 5.06. The average molecular weight is 457 g/mol. The summed E-state index contributed by atoms with van der Waals surface area (Å²) in [6.45, 7) is 5.90. The van der Waals surface area contributed by atoms with Crippen molar-refractivity contribution in [2.24, 2.45) is 0 Å². The number of allylic oxidation sites excluding steroid dienone is 2. The van der Waals surface area contributed by atoms with Crippen LogP contribution in [-0.4, -0.2) is 46.5 Å². The van der Waals surface area contributed by atoms with E-state index in [1.54, 1.807) is 31.5 Å². The number of fused-ring (bicyclic) bond motifs is 1. The summed E-state index contributed by atoms with van der Waals surface area (Å²) in [5, 5.41) is 2.87. The highest BCUT2D eigenvalue weighted by molar-refractivity contribution is 5.94. The zero-order valence-corrected chi connectivity index (χ0v) is 19.7. The molecule has 0 unspecified atom stereocenters. The molecule has 0 bridgehead atoms. The van der Waals surface area contributed by atoms with E-state index in [0.717, 1.165) is 47.5 Å². The van der Waals surface area contributed by atoms with Gasteiger partial charge in [0.1, 0.15) is 11.5 Å². The lowest BCUT2D eigenvalue weighted by Crippen LogP contribution is -2.31. The van der Waals surface area contributed by atoms with Gasteiger partial charge in [-0.2, -0.15) is 0 Å². The zero-order chi connectivity index (χ0) is 24.1. The van der Waals surface area contributed by atoms with Crippen molar-refractivity contribution in [3.63, 3.8) is 0 Å². The fourth-order valence-corrected chi connectivity index (χ4v) is 3.92. The Morgan fingerprint density at radius 3 is 2.82 bits per heavy atom. The number of hydrogen-bond acceptors (Lipinski definition) is 7. The van der Waals surface area contributed by atoms with E-state index < -0.39 is 0 Å². The van der Waals surface area contributed by atoms with Gasteiger partial charge in [0, 0.05) is 30.6 Å². The average Bonchev–Trinajstić information content (AvgIpc) is 3.32. The summed E-state index contributed by atoms with van der Waals surface area (Å²) in [5.74, 6) is 1.67. The van der Waals surface area contributed by atoms with Crippen LogP contribution in [0, 0.1) is 6.92 Å². The van der Waals surface area contributed by atoms with Crippen LogP contribution < -0.4 is 15.0 Å². The molecule has 0 atom stereocenters. The number of likely N-dealkylation sites (N-methyl/N-ethyl adjacent to an activating group) is 1. The minimum absolute atomic E-state index is 0.142. The largest absolute Gasteiger partial charge is 0.481 e. The highest BCUT2D eigenvalue weighted by Gasteiger charge is 2.23. The summed E-state index contributed by atoms with van der Waals surface area (Å²) in [5.41, 5.74) is 5.53. The molecular formula is C26H28N6O2. The molecular weight excluding hydrogens is 428 g/mol. The molecule has 3 aromatic rings. The maximum Gasteiger partial charge on any atom is 0.243 e. The van der Waals surface area contributed by atoms with Crippen LogP contribution in [0.2, 0.25) is 0 Å². The number of pyridine rings is 2. The van der Waals surface area contributed by atoms with Gasteiger partial charge in [-0.15, -0.1) is 0 Å². The fraction of sp³-hybridized carbons (Fsp3) is 0.269. The van der Waals surface area contributed by atoms with Gasteiger partial charge in [-0.1, -0.05) is 24.8 Å². The van der Waals surface area contributed by atoms with Gasteiger partial charge in [-0.25, -0.2) is 15.0 Å². The smallest absolute Gasteiger partial charge is 0.243 e.